The topological polar surface area (TPSA) is 43.6 Å². The van der Waals surface area contributed by atoms with E-state index < -0.39 is 0 Å². The lowest BCUT2D eigenvalue weighted by Gasteiger charge is -2.22. The molecule has 0 unspecified atom stereocenters. The minimum atomic E-state index is -0.0738. The zero-order chi connectivity index (χ0) is 42.5. The van der Waals surface area contributed by atoms with E-state index in [1.807, 2.05) is 36.4 Å². The molecular weight excluding hydrogens is 777 g/mol. The first-order chi connectivity index (χ1) is 31.5. The second-order valence-corrected chi connectivity index (χ2v) is 17.6. The van der Waals surface area contributed by atoms with E-state index in [1.165, 1.54) is 71.3 Å². The summed E-state index contributed by atoms with van der Waals surface area (Å²) in [7, 11) is 0. The minimum absolute atomic E-state index is 0.0738. The Morgan fingerprint density at radius 1 is 0.312 bits per heavy atom. The van der Waals surface area contributed by atoms with Crippen LogP contribution in [0.15, 0.2) is 206 Å². The molecular formula is C60H40N4. The van der Waals surface area contributed by atoms with Gasteiger partial charge in [-0.25, -0.2) is 4.98 Å². The molecule has 4 nitrogen and oxygen atoms in total. The van der Waals surface area contributed by atoms with E-state index in [0.29, 0.717) is 17.6 Å². The highest BCUT2D eigenvalue weighted by Crippen LogP contribution is 2.50. The van der Waals surface area contributed by atoms with Crippen LogP contribution in [0.4, 0.5) is 0 Å². The number of aromatic nitrogens is 4. The molecule has 2 aromatic heterocycles. The van der Waals surface area contributed by atoms with Crippen molar-refractivity contribution in [1.82, 2.24) is 19.5 Å². The summed E-state index contributed by atoms with van der Waals surface area (Å²) in [5.74, 6) is 1.83. The van der Waals surface area contributed by atoms with Gasteiger partial charge in [0.1, 0.15) is 0 Å². The van der Waals surface area contributed by atoms with Crippen molar-refractivity contribution in [2.24, 2.45) is 0 Å². The summed E-state index contributed by atoms with van der Waals surface area (Å²) in [6.45, 7) is 4.71. The fourth-order valence-corrected chi connectivity index (χ4v) is 10.5. The number of benzene rings is 10. The van der Waals surface area contributed by atoms with Crippen LogP contribution in [0.1, 0.15) is 25.0 Å². The van der Waals surface area contributed by atoms with Crippen LogP contribution in [-0.2, 0) is 5.41 Å². The van der Waals surface area contributed by atoms with Crippen molar-refractivity contribution in [3.63, 3.8) is 0 Å². The average molecular weight is 817 g/mol. The number of fused-ring (bicyclic) bond motifs is 12. The molecule has 1 aliphatic carbocycles. The lowest BCUT2D eigenvalue weighted by Crippen LogP contribution is -2.14. The van der Waals surface area contributed by atoms with Crippen LogP contribution in [0.2, 0.25) is 0 Å². The van der Waals surface area contributed by atoms with E-state index in [4.69, 9.17) is 15.0 Å². The molecule has 64 heavy (non-hydrogen) atoms. The van der Waals surface area contributed by atoms with Gasteiger partial charge >= 0.3 is 0 Å². The fraction of sp³-hybridized carbons (Fsp3) is 0.0500. The lowest BCUT2D eigenvalue weighted by molar-refractivity contribution is 0.660. The van der Waals surface area contributed by atoms with Gasteiger partial charge in [-0.05, 0) is 113 Å². The first-order valence-corrected chi connectivity index (χ1v) is 22.0. The van der Waals surface area contributed by atoms with E-state index >= 15 is 0 Å². The Morgan fingerprint density at radius 3 is 1.50 bits per heavy atom. The lowest BCUT2D eigenvalue weighted by atomic mass is 9.81. The van der Waals surface area contributed by atoms with Gasteiger partial charge in [0.15, 0.2) is 11.6 Å². The number of hydrogen-bond donors (Lipinski definition) is 0. The molecule has 13 rings (SSSR count). The molecule has 4 heteroatoms. The second kappa shape index (κ2) is 13.9. The molecule has 0 amide bonds. The summed E-state index contributed by atoms with van der Waals surface area (Å²) in [6, 6.07) is 74.5. The van der Waals surface area contributed by atoms with Gasteiger partial charge in [-0.15, -0.1) is 0 Å². The first-order valence-electron chi connectivity index (χ1n) is 22.0. The monoisotopic (exact) mass is 816 g/mol. The van der Waals surface area contributed by atoms with Crippen molar-refractivity contribution in [1.29, 1.82) is 0 Å². The quantitative estimate of drug-likeness (QED) is 0.163. The minimum Gasteiger partial charge on any atom is -0.278 e. The highest BCUT2D eigenvalue weighted by atomic mass is 15.2. The smallest absolute Gasteiger partial charge is 0.238 e. The molecule has 2 heterocycles. The molecule has 0 radical (unpaired) electrons. The van der Waals surface area contributed by atoms with Crippen molar-refractivity contribution in [2.75, 3.05) is 0 Å². The molecule has 0 saturated heterocycles. The van der Waals surface area contributed by atoms with Gasteiger partial charge in [0.2, 0.25) is 5.95 Å². The van der Waals surface area contributed by atoms with E-state index in [-0.39, 0.29) is 5.41 Å². The highest BCUT2D eigenvalue weighted by Gasteiger charge is 2.35. The van der Waals surface area contributed by atoms with Crippen molar-refractivity contribution in [2.45, 2.75) is 19.3 Å². The molecule has 0 bridgehead atoms. The molecule has 0 aliphatic heterocycles. The van der Waals surface area contributed by atoms with Gasteiger partial charge in [0, 0.05) is 27.3 Å². The molecule has 0 saturated carbocycles. The zero-order valence-electron chi connectivity index (χ0n) is 35.4. The molecule has 12 aromatic rings. The van der Waals surface area contributed by atoms with E-state index in [1.54, 1.807) is 0 Å². The maximum Gasteiger partial charge on any atom is 0.238 e. The number of nitrogens with zero attached hydrogens (tertiary/aromatic N) is 4. The maximum absolute atomic E-state index is 5.28. The van der Waals surface area contributed by atoms with E-state index in [9.17, 15) is 0 Å². The standard InChI is InChI=1S/C60H40N4/c1-60(2)53-25-15-14-24-46(53)47-30-27-42(34-54(47)60)41-26-29-45-48(32-41)43-22-12-13-23-44(43)49-35-52-51-33-40(37-16-6-3-7-17-37)28-31-55(51)64(56(52)36-50(45)49)59-62-57(38-18-8-4-9-19-38)61-58(63-59)39-20-10-5-11-21-39/h3-36H,1-2H3. The van der Waals surface area contributed by atoms with Crippen LogP contribution >= 0.6 is 0 Å². The summed E-state index contributed by atoms with van der Waals surface area (Å²) in [6.07, 6.45) is 0. The Balaban J connectivity index is 1.09. The normalized spacial score (nSPS) is 13.0. The average Bonchev–Trinajstić information content (AvgIpc) is 3.80. The van der Waals surface area contributed by atoms with Gasteiger partial charge in [-0.1, -0.05) is 184 Å². The second-order valence-electron chi connectivity index (χ2n) is 17.6. The molecule has 0 fully saturated rings. The number of rotatable bonds is 5. The largest absolute Gasteiger partial charge is 0.278 e. The Morgan fingerprint density at radius 2 is 0.797 bits per heavy atom. The molecule has 1 aliphatic rings. The third-order valence-corrected chi connectivity index (χ3v) is 13.6. The summed E-state index contributed by atoms with van der Waals surface area (Å²) in [5, 5.41) is 9.60. The first kappa shape index (κ1) is 36.4. The van der Waals surface area contributed by atoms with E-state index in [0.717, 1.165) is 38.5 Å². The van der Waals surface area contributed by atoms with Crippen LogP contribution in [0, 0.1) is 0 Å². The Hall–Kier alpha value is -8.21. The van der Waals surface area contributed by atoms with Crippen molar-refractivity contribution >= 4 is 54.1 Å². The van der Waals surface area contributed by atoms with E-state index in [2.05, 4.69) is 188 Å². The summed E-state index contributed by atoms with van der Waals surface area (Å²) < 4.78 is 2.25. The SMILES string of the molecule is CC1(C)c2ccccc2-c2ccc(-c3ccc4c(c3)c3ccccc3c3cc5c6cc(-c7ccccc7)ccc6n(-c6nc(-c7ccccc7)nc(-c7ccccc7)n6)c5cc43)cc21. The van der Waals surface area contributed by atoms with Crippen LogP contribution in [0.3, 0.4) is 0 Å². The fourth-order valence-electron chi connectivity index (χ4n) is 10.5. The van der Waals surface area contributed by atoms with Gasteiger partial charge in [0.05, 0.1) is 11.0 Å². The van der Waals surface area contributed by atoms with Crippen molar-refractivity contribution < 1.29 is 0 Å². The molecule has 0 N–H and O–H groups in total. The predicted molar refractivity (Wildman–Crippen MR) is 266 cm³/mol. The van der Waals surface area contributed by atoms with Crippen molar-refractivity contribution in [3.8, 4) is 62.1 Å². The predicted octanol–water partition coefficient (Wildman–Crippen LogP) is 15.4. The summed E-state index contributed by atoms with van der Waals surface area (Å²) >= 11 is 0. The maximum atomic E-state index is 5.28. The van der Waals surface area contributed by atoms with Gasteiger partial charge in [-0.3, -0.25) is 4.57 Å². The van der Waals surface area contributed by atoms with Gasteiger partial charge < -0.3 is 0 Å². The molecule has 10 aromatic carbocycles. The molecule has 300 valence electrons. The molecule has 0 atom stereocenters. The van der Waals surface area contributed by atoms with Crippen LogP contribution in [-0.4, -0.2) is 19.5 Å². The van der Waals surface area contributed by atoms with Gasteiger partial charge in [-0.2, -0.15) is 9.97 Å². The Kier molecular flexibility index (Phi) is 7.92. The highest BCUT2D eigenvalue weighted by molar-refractivity contribution is 6.29. The van der Waals surface area contributed by atoms with Crippen LogP contribution < -0.4 is 0 Å². The summed E-state index contributed by atoms with van der Waals surface area (Å²) in [4.78, 5) is 15.6. The zero-order valence-corrected chi connectivity index (χ0v) is 35.4. The third-order valence-electron chi connectivity index (χ3n) is 13.6. The Labute approximate surface area is 370 Å². The third kappa shape index (κ3) is 5.52. The van der Waals surface area contributed by atoms with Crippen LogP contribution in [0.5, 0.6) is 0 Å². The number of hydrogen-bond acceptors (Lipinski definition) is 3. The Bertz CT molecular complexity index is 3790. The van der Waals surface area contributed by atoms with Crippen molar-refractivity contribution in [3.05, 3.63) is 217 Å². The van der Waals surface area contributed by atoms with Gasteiger partial charge in [0.25, 0.3) is 0 Å². The summed E-state index contributed by atoms with van der Waals surface area (Å²) in [5.41, 5.74) is 14.1. The van der Waals surface area contributed by atoms with Crippen LogP contribution in [0.25, 0.3) is 116 Å². The molecule has 0 spiro atoms.